The summed E-state index contributed by atoms with van der Waals surface area (Å²) in [5.41, 5.74) is 2.30. The number of allylic oxidation sites excluding steroid dienone is 2. The van der Waals surface area contributed by atoms with Crippen LogP contribution in [0.1, 0.15) is 30.5 Å². The van der Waals surface area contributed by atoms with Gasteiger partial charge in [-0.25, -0.2) is 9.97 Å². The molecule has 0 fully saturated rings. The number of ether oxygens (including phenoxy) is 1. The Bertz CT molecular complexity index is 1010. The maximum absolute atomic E-state index is 13.6. The quantitative estimate of drug-likeness (QED) is 0.761. The van der Waals surface area contributed by atoms with Gasteiger partial charge in [0.05, 0.1) is 18.4 Å². The molecule has 0 N–H and O–H groups in total. The van der Waals surface area contributed by atoms with Crippen LogP contribution < -0.4 is 4.74 Å². The van der Waals surface area contributed by atoms with Crippen LogP contribution >= 0.6 is 0 Å². The van der Waals surface area contributed by atoms with E-state index in [-0.39, 0.29) is 29.1 Å². The van der Waals surface area contributed by atoms with Gasteiger partial charge in [0.1, 0.15) is 6.07 Å². The van der Waals surface area contributed by atoms with Crippen LogP contribution in [0.5, 0.6) is 5.88 Å². The van der Waals surface area contributed by atoms with Crippen LogP contribution in [0, 0.1) is 29.1 Å². The number of aromatic nitrogens is 3. The van der Waals surface area contributed by atoms with Gasteiger partial charge in [0.25, 0.3) is 0 Å². The zero-order valence-corrected chi connectivity index (χ0v) is 14.9. The Labute approximate surface area is 155 Å². The smallest absolute Gasteiger partial charge is 0.220 e. The Kier molecular flexibility index (Phi) is 4.19. The van der Waals surface area contributed by atoms with Gasteiger partial charge in [-0.05, 0) is 24.8 Å². The normalized spacial score (nSPS) is 23.7. The van der Waals surface area contributed by atoms with E-state index < -0.39 is 5.95 Å². The number of carbonyl (C=O) groups is 1. The number of halogens is 1. The Morgan fingerprint density at radius 3 is 2.89 bits per heavy atom. The van der Waals surface area contributed by atoms with Gasteiger partial charge < -0.3 is 4.74 Å². The molecule has 27 heavy (non-hydrogen) atoms. The first kappa shape index (κ1) is 17.3. The molecular weight excluding hydrogens is 347 g/mol. The molecule has 2 heterocycles. The standard InChI is InChI=1S/C20H17FN4O2/c1-10-13-3-4-14-17(15(13)7-12(9-22)18(10)26)24-19(25-20(14)27-2)11-5-6-23-16(21)8-11/h5-8,10,13,15H,3-4H2,1-2H3. The highest BCUT2D eigenvalue weighted by Gasteiger charge is 2.42. The lowest BCUT2D eigenvalue weighted by Gasteiger charge is -2.37. The first-order chi connectivity index (χ1) is 13.0. The maximum Gasteiger partial charge on any atom is 0.220 e. The summed E-state index contributed by atoms with van der Waals surface area (Å²) in [6, 6.07) is 4.91. The third-order valence-corrected chi connectivity index (χ3v) is 5.47. The van der Waals surface area contributed by atoms with Crippen LogP contribution in [-0.2, 0) is 11.2 Å². The van der Waals surface area contributed by atoms with Crippen molar-refractivity contribution in [1.29, 1.82) is 5.26 Å². The lowest BCUT2D eigenvalue weighted by atomic mass is 9.66. The number of Topliss-reactive ketones (excluding diaryl/α,β-unsaturated/α-hetero) is 1. The summed E-state index contributed by atoms with van der Waals surface area (Å²) in [6.45, 7) is 1.87. The summed E-state index contributed by atoms with van der Waals surface area (Å²) in [5, 5.41) is 9.34. The minimum Gasteiger partial charge on any atom is -0.481 e. The van der Waals surface area contributed by atoms with Crippen LogP contribution in [0.15, 0.2) is 30.0 Å². The number of hydrogen-bond acceptors (Lipinski definition) is 6. The minimum atomic E-state index is -0.616. The van der Waals surface area contributed by atoms with Gasteiger partial charge in [-0.15, -0.1) is 0 Å². The van der Waals surface area contributed by atoms with Crippen molar-refractivity contribution in [2.45, 2.75) is 25.7 Å². The molecule has 0 bridgehead atoms. The summed E-state index contributed by atoms with van der Waals surface area (Å²) >= 11 is 0. The molecule has 0 aliphatic heterocycles. The molecule has 7 heteroatoms. The van der Waals surface area contributed by atoms with Crippen molar-refractivity contribution in [2.75, 3.05) is 7.11 Å². The first-order valence-electron chi connectivity index (χ1n) is 8.76. The van der Waals surface area contributed by atoms with Crippen molar-refractivity contribution < 1.29 is 13.9 Å². The predicted octanol–water partition coefficient (Wildman–Crippen LogP) is 3.00. The molecule has 2 aliphatic rings. The molecule has 2 aliphatic carbocycles. The fraction of sp³-hybridized carbons (Fsp3) is 0.350. The van der Waals surface area contributed by atoms with E-state index in [1.54, 1.807) is 12.1 Å². The molecule has 136 valence electrons. The molecule has 2 aromatic rings. The fourth-order valence-electron chi connectivity index (χ4n) is 4.08. The largest absolute Gasteiger partial charge is 0.481 e. The number of carbonyl (C=O) groups excluding carboxylic acids is 1. The highest BCUT2D eigenvalue weighted by atomic mass is 19.1. The predicted molar refractivity (Wildman–Crippen MR) is 94.2 cm³/mol. The molecular formula is C20H17FN4O2. The van der Waals surface area contributed by atoms with Gasteiger partial charge in [0, 0.05) is 35.2 Å². The molecule has 0 spiro atoms. The number of fused-ring (bicyclic) bond motifs is 3. The van der Waals surface area contributed by atoms with E-state index in [9.17, 15) is 14.4 Å². The van der Waals surface area contributed by atoms with Gasteiger partial charge in [-0.2, -0.15) is 14.6 Å². The maximum atomic E-state index is 13.6. The SMILES string of the molecule is COc1nc(-c2ccnc(F)c2)nc2c1CCC1C(C)C(=O)C(C#N)=CC21. The highest BCUT2D eigenvalue weighted by molar-refractivity contribution is 6.01. The second-order valence-corrected chi connectivity index (χ2v) is 6.86. The second-order valence-electron chi connectivity index (χ2n) is 6.86. The molecule has 2 aromatic heterocycles. The summed E-state index contributed by atoms with van der Waals surface area (Å²) in [7, 11) is 1.54. The number of nitrogens with zero attached hydrogens (tertiary/aromatic N) is 4. The topological polar surface area (TPSA) is 88.8 Å². The third kappa shape index (κ3) is 2.78. The number of ketones is 1. The van der Waals surface area contributed by atoms with Crippen molar-refractivity contribution >= 4 is 5.78 Å². The second kappa shape index (κ2) is 6.54. The zero-order valence-electron chi connectivity index (χ0n) is 14.9. The molecule has 6 nitrogen and oxygen atoms in total. The van der Waals surface area contributed by atoms with Gasteiger partial charge >= 0.3 is 0 Å². The van der Waals surface area contributed by atoms with Crippen LogP contribution in [0.2, 0.25) is 0 Å². The van der Waals surface area contributed by atoms with Gasteiger partial charge in [0.2, 0.25) is 11.8 Å². The van der Waals surface area contributed by atoms with E-state index in [4.69, 9.17) is 9.72 Å². The molecule has 0 aromatic carbocycles. The molecule has 0 amide bonds. The van der Waals surface area contributed by atoms with Crippen LogP contribution in [0.3, 0.4) is 0 Å². The average molecular weight is 364 g/mol. The molecule has 4 rings (SSSR count). The molecule has 0 saturated carbocycles. The van der Waals surface area contributed by atoms with Crippen molar-refractivity contribution in [1.82, 2.24) is 15.0 Å². The van der Waals surface area contributed by atoms with E-state index in [1.807, 2.05) is 13.0 Å². The van der Waals surface area contributed by atoms with E-state index in [0.717, 1.165) is 17.7 Å². The van der Waals surface area contributed by atoms with Gasteiger partial charge in [0.15, 0.2) is 11.6 Å². The van der Waals surface area contributed by atoms with Crippen LogP contribution in [0.25, 0.3) is 11.4 Å². The number of nitriles is 1. The Hall–Kier alpha value is -3.14. The van der Waals surface area contributed by atoms with Crippen LogP contribution in [-0.4, -0.2) is 27.8 Å². The number of pyridine rings is 1. The Morgan fingerprint density at radius 1 is 1.37 bits per heavy atom. The summed E-state index contributed by atoms with van der Waals surface area (Å²) in [6.07, 6.45) is 4.56. The molecule has 3 unspecified atom stereocenters. The third-order valence-electron chi connectivity index (χ3n) is 5.47. The fourth-order valence-corrected chi connectivity index (χ4v) is 4.08. The number of hydrogen-bond donors (Lipinski definition) is 0. The van der Waals surface area contributed by atoms with Crippen LogP contribution in [0.4, 0.5) is 4.39 Å². The minimum absolute atomic E-state index is 0.0729. The lowest BCUT2D eigenvalue weighted by molar-refractivity contribution is -0.120. The van der Waals surface area contributed by atoms with Crippen molar-refractivity contribution in [3.05, 3.63) is 47.2 Å². The van der Waals surface area contributed by atoms with E-state index in [1.165, 1.54) is 19.4 Å². The monoisotopic (exact) mass is 364 g/mol. The average Bonchev–Trinajstić information content (AvgIpc) is 2.69. The number of rotatable bonds is 2. The van der Waals surface area contributed by atoms with E-state index in [0.29, 0.717) is 23.7 Å². The lowest BCUT2D eigenvalue weighted by Crippen LogP contribution is -2.35. The highest BCUT2D eigenvalue weighted by Crippen LogP contribution is 2.46. The van der Waals surface area contributed by atoms with E-state index >= 15 is 0 Å². The van der Waals surface area contributed by atoms with Gasteiger partial charge in [-0.3, -0.25) is 4.79 Å². The molecule has 3 atom stereocenters. The van der Waals surface area contributed by atoms with E-state index in [2.05, 4.69) is 9.97 Å². The first-order valence-corrected chi connectivity index (χ1v) is 8.76. The zero-order chi connectivity index (χ0) is 19.1. The summed E-state index contributed by atoms with van der Waals surface area (Å²) in [5.74, 6) is -0.284. The molecule has 0 saturated heterocycles. The number of methoxy groups -OCH3 is 1. The Balaban J connectivity index is 1.91. The van der Waals surface area contributed by atoms with Crippen molar-refractivity contribution in [3.63, 3.8) is 0 Å². The van der Waals surface area contributed by atoms with Gasteiger partial charge in [-0.1, -0.05) is 13.0 Å². The Morgan fingerprint density at radius 2 is 2.19 bits per heavy atom. The van der Waals surface area contributed by atoms with Crippen molar-refractivity contribution in [3.8, 4) is 23.3 Å². The summed E-state index contributed by atoms with van der Waals surface area (Å²) < 4.78 is 19.0. The summed E-state index contributed by atoms with van der Waals surface area (Å²) in [4.78, 5) is 25.1. The van der Waals surface area contributed by atoms with Crippen molar-refractivity contribution in [2.24, 2.45) is 11.8 Å². The molecule has 0 radical (unpaired) electrons.